The van der Waals surface area contributed by atoms with Gasteiger partial charge in [-0.15, -0.1) is 0 Å². The molecule has 94 valence electrons. The second-order valence-corrected chi connectivity index (χ2v) is 4.19. The first-order valence-corrected chi connectivity index (χ1v) is 5.89. The van der Waals surface area contributed by atoms with E-state index in [1.165, 1.54) is 12.4 Å². The minimum atomic E-state index is -1.73. The largest absolute Gasteiger partial charge is 0.436 e. The zero-order valence-corrected chi connectivity index (χ0v) is 10.0. The summed E-state index contributed by atoms with van der Waals surface area (Å²) in [5.74, 6) is -0.514. The molecule has 0 spiro atoms. The molecule has 2 heterocycles. The molecule has 1 aromatic rings. The Hall–Kier alpha value is -1.06. The van der Waals surface area contributed by atoms with E-state index in [4.69, 9.17) is 4.74 Å². The van der Waals surface area contributed by atoms with Crippen LogP contribution in [0, 0.1) is 10.1 Å². The minimum absolute atomic E-state index is 0.244. The predicted molar refractivity (Wildman–Crippen MR) is 57.5 cm³/mol. The van der Waals surface area contributed by atoms with Crippen molar-refractivity contribution in [1.29, 1.82) is 0 Å². The third-order valence-corrected chi connectivity index (χ3v) is 3.17. The van der Waals surface area contributed by atoms with Gasteiger partial charge in [-0.2, -0.15) is 4.57 Å². The van der Waals surface area contributed by atoms with Crippen LogP contribution in [0.1, 0.15) is 6.23 Å². The van der Waals surface area contributed by atoms with Crippen LogP contribution in [0.15, 0.2) is 12.4 Å². The fourth-order valence-electron chi connectivity index (χ4n) is 1.70. The maximum Gasteiger partial charge on any atom is 0.436 e. The third kappa shape index (κ3) is 2.05. The molecule has 0 amide bonds. The number of aromatic nitrogens is 2. The smallest absolute Gasteiger partial charge is 0.390 e. The highest BCUT2D eigenvalue weighted by atomic mass is 79.9. The SMILES string of the molecule is O=[N+]([O-])c1nccn1[C@@H]1O[C@H](CBr)[C@@H](O)[C@H]1F. The molecule has 1 fully saturated rings. The Kier molecular flexibility index (Phi) is 3.40. The highest BCUT2D eigenvalue weighted by molar-refractivity contribution is 9.09. The Morgan fingerprint density at radius 1 is 1.76 bits per heavy atom. The quantitative estimate of drug-likeness (QED) is 0.506. The average molecular weight is 310 g/mol. The Morgan fingerprint density at radius 2 is 2.47 bits per heavy atom. The Bertz CT molecular complexity index is 429. The second kappa shape index (κ2) is 4.67. The predicted octanol–water partition coefficient (Wildman–Crippen LogP) is 0.783. The van der Waals surface area contributed by atoms with Crippen molar-refractivity contribution in [3.63, 3.8) is 0 Å². The molecular formula is C8H9BrFN3O4. The van der Waals surface area contributed by atoms with Gasteiger partial charge in [0, 0.05) is 5.33 Å². The monoisotopic (exact) mass is 309 g/mol. The van der Waals surface area contributed by atoms with Crippen molar-refractivity contribution < 1.29 is 19.2 Å². The van der Waals surface area contributed by atoms with Crippen molar-refractivity contribution in [1.82, 2.24) is 9.55 Å². The molecule has 1 aliphatic rings. The van der Waals surface area contributed by atoms with Gasteiger partial charge in [-0.1, -0.05) is 20.9 Å². The van der Waals surface area contributed by atoms with E-state index in [1.807, 2.05) is 0 Å². The van der Waals surface area contributed by atoms with Crippen LogP contribution in [0.5, 0.6) is 0 Å². The van der Waals surface area contributed by atoms with Gasteiger partial charge in [0.25, 0.3) is 0 Å². The summed E-state index contributed by atoms with van der Waals surface area (Å²) in [4.78, 5) is 13.4. The molecule has 0 radical (unpaired) electrons. The van der Waals surface area contributed by atoms with Gasteiger partial charge < -0.3 is 20.0 Å². The summed E-state index contributed by atoms with van der Waals surface area (Å²) in [6, 6.07) is 0. The van der Waals surface area contributed by atoms with E-state index >= 15 is 0 Å². The number of aliphatic hydroxyl groups excluding tert-OH is 1. The van der Waals surface area contributed by atoms with Crippen LogP contribution in [0.3, 0.4) is 0 Å². The zero-order chi connectivity index (χ0) is 12.6. The summed E-state index contributed by atoms with van der Waals surface area (Å²) in [6.45, 7) is 0. The zero-order valence-electron chi connectivity index (χ0n) is 8.44. The molecule has 2 rings (SSSR count). The summed E-state index contributed by atoms with van der Waals surface area (Å²) in [5.41, 5.74) is 0. The first-order chi connectivity index (χ1) is 8.06. The van der Waals surface area contributed by atoms with E-state index in [1.54, 1.807) is 0 Å². The van der Waals surface area contributed by atoms with Crippen LogP contribution in [-0.4, -0.2) is 43.3 Å². The number of imidazole rings is 1. The Labute approximate surface area is 103 Å². The highest BCUT2D eigenvalue weighted by Crippen LogP contribution is 2.34. The lowest BCUT2D eigenvalue weighted by atomic mass is 10.2. The Morgan fingerprint density at radius 3 is 3.00 bits per heavy atom. The first kappa shape index (κ1) is 12.4. The maximum absolute atomic E-state index is 13.8. The van der Waals surface area contributed by atoms with E-state index in [0.29, 0.717) is 0 Å². The number of aliphatic hydroxyl groups is 1. The molecule has 1 saturated heterocycles. The summed E-state index contributed by atoms with van der Waals surface area (Å²) in [5, 5.41) is 20.4. The molecule has 0 aliphatic carbocycles. The van der Waals surface area contributed by atoms with Gasteiger partial charge in [0.2, 0.25) is 6.23 Å². The molecule has 1 aromatic heterocycles. The number of ether oxygens (including phenoxy) is 1. The van der Waals surface area contributed by atoms with E-state index in [9.17, 15) is 19.6 Å². The van der Waals surface area contributed by atoms with Crippen molar-refractivity contribution in [3.05, 3.63) is 22.5 Å². The van der Waals surface area contributed by atoms with E-state index in [0.717, 1.165) is 4.57 Å². The fourth-order valence-corrected chi connectivity index (χ4v) is 2.24. The first-order valence-electron chi connectivity index (χ1n) is 4.77. The molecular weight excluding hydrogens is 301 g/mol. The second-order valence-electron chi connectivity index (χ2n) is 3.55. The van der Waals surface area contributed by atoms with Crippen LogP contribution >= 0.6 is 15.9 Å². The molecule has 1 aliphatic heterocycles. The lowest BCUT2D eigenvalue weighted by Gasteiger charge is -2.11. The highest BCUT2D eigenvalue weighted by Gasteiger charge is 2.47. The number of rotatable bonds is 3. The number of hydrogen-bond donors (Lipinski definition) is 1. The van der Waals surface area contributed by atoms with E-state index < -0.39 is 35.5 Å². The molecule has 7 nitrogen and oxygen atoms in total. The van der Waals surface area contributed by atoms with Gasteiger partial charge in [-0.05, 0) is 4.92 Å². The van der Waals surface area contributed by atoms with Gasteiger partial charge in [0.1, 0.15) is 24.6 Å². The lowest BCUT2D eigenvalue weighted by molar-refractivity contribution is -0.398. The van der Waals surface area contributed by atoms with Crippen LogP contribution in [0.25, 0.3) is 0 Å². The van der Waals surface area contributed by atoms with E-state index in [2.05, 4.69) is 20.9 Å². The van der Waals surface area contributed by atoms with Crippen LogP contribution in [-0.2, 0) is 4.74 Å². The molecule has 4 atom stereocenters. The van der Waals surface area contributed by atoms with Crippen molar-refractivity contribution in [2.24, 2.45) is 0 Å². The topological polar surface area (TPSA) is 90.4 Å². The van der Waals surface area contributed by atoms with Gasteiger partial charge in [0.15, 0.2) is 6.17 Å². The molecule has 0 unspecified atom stereocenters. The van der Waals surface area contributed by atoms with Crippen molar-refractivity contribution in [2.45, 2.75) is 24.6 Å². The normalized spacial score (nSPS) is 32.9. The van der Waals surface area contributed by atoms with Gasteiger partial charge in [-0.25, -0.2) is 4.39 Å². The molecule has 17 heavy (non-hydrogen) atoms. The molecule has 0 bridgehead atoms. The molecule has 0 aromatic carbocycles. The molecule has 9 heteroatoms. The van der Waals surface area contributed by atoms with Crippen LogP contribution in [0.4, 0.5) is 10.3 Å². The standard InChI is InChI=1S/C8H9BrFN3O4/c9-3-4-6(14)5(10)7(17-4)12-2-1-11-8(12)13(15)16/h1-2,4-7,14H,3H2/t4-,5-,6-,7-/m1/s1. The fraction of sp³-hybridized carbons (Fsp3) is 0.625. The maximum atomic E-state index is 13.8. The van der Waals surface area contributed by atoms with Gasteiger partial charge in [0.05, 0.1) is 0 Å². The molecule has 0 saturated carbocycles. The lowest BCUT2D eigenvalue weighted by Crippen LogP contribution is -2.29. The van der Waals surface area contributed by atoms with Crippen LogP contribution in [0.2, 0.25) is 0 Å². The average Bonchev–Trinajstić information content (AvgIpc) is 2.86. The Balaban J connectivity index is 2.29. The summed E-state index contributed by atoms with van der Waals surface area (Å²) >= 11 is 3.07. The van der Waals surface area contributed by atoms with Crippen molar-refractivity contribution >= 4 is 21.9 Å². The number of halogens is 2. The minimum Gasteiger partial charge on any atom is -0.390 e. The van der Waals surface area contributed by atoms with Gasteiger partial charge >= 0.3 is 5.95 Å². The van der Waals surface area contributed by atoms with Crippen molar-refractivity contribution in [3.8, 4) is 0 Å². The van der Waals surface area contributed by atoms with Gasteiger partial charge in [-0.3, -0.25) is 0 Å². The van der Waals surface area contributed by atoms with E-state index in [-0.39, 0.29) is 5.33 Å². The van der Waals surface area contributed by atoms with Crippen molar-refractivity contribution in [2.75, 3.05) is 5.33 Å². The summed E-state index contributed by atoms with van der Waals surface area (Å²) < 4.78 is 19.9. The number of nitrogens with zero attached hydrogens (tertiary/aromatic N) is 3. The van der Waals surface area contributed by atoms with Crippen LogP contribution < -0.4 is 0 Å². The summed E-state index contributed by atoms with van der Waals surface area (Å²) in [7, 11) is 0. The molecule has 1 N–H and O–H groups in total. The number of alkyl halides is 2. The number of hydrogen-bond acceptors (Lipinski definition) is 5. The third-order valence-electron chi connectivity index (χ3n) is 2.53. The number of nitro groups is 1. The summed E-state index contributed by atoms with van der Waals surface area (Å²) in [6.07, 6.45) is -2.58.